The number of piperidine rings is 1. The fourth-order valence-electron chi connectivity index (χ4n) is 2.63. The number of nitrogens with one attached hydrogen (secondary N) is 2. The molecule has 0 aromatic rings. The van der Waals surface area contributed by atoms with Gasteiger partial charge in [-0.2, -0.15) is 0 Å². The quantitative estimate of drug-likeness (QED) is 0.385. The highest BCUT2D eigenvalue weighted by Crippen LogP contribution is 2.16. The molecule has 5 heteroatoms. The third-order valence-electron chi connectivity index (χ3n) is 3.92. The van der Waals surface area contributed by atoms with E-state index in [1.807, 2.05) is 0 Å². The van der Waals surface area contributed by atoms with Crippen LogP contribution in [0.25, 0.3) is 0 Å². The van der Waals surface area contributed by atoms with Gasteiger partial charge in [0.25, 0.3) is 0 Å². The zero-order valence-electron chi connectivity index (χ0n) is 14.3. The zero-order valence-corrected chi connectivity index (χ0v) is 16.7. The van der Waals surface area contributed by atoms with Gasteiger partial charge in [-0.25, -0.2) is 0 Å². The fraction of sp³-hybridized carbons (Fsp3) is 0.938. The molecular weight excluding hydrogens is 375 g/mol. The number of nitrogens with zero attached hydrogens (tertiary/aromatic N) is 2. The van der Waals surface area contributed by atoms with Crippen LogP contribution in [-0.2, 0) is 0 Å². The molecule has 0 radical (unpaired) electrons. The second kappa shape index (κ2) is 12.5. The van der Waals surface area contributed by atoms with Gasteiger partial charge in [0, 0.05) is 26.2 Å². The van der Waals surface area contributed by atoms with Gasteiger partial charge in [-0.1, -0.05) is 20.8 Å². The van der Waals surface area contributed by atoms with Gasteiger partial charge in [0.1, 0.15) is 0 Å². The van der Waals surface area contributed by atoms with Crippen LogP contribution in [0, 0.1) is 11.8 Å². The minimum Gasteiger partial charge on any atom is -0.357 e. The van der Waals surface area contributed by atoms with Gasteiger partial charge in [0.15, 0.2) is 5.96 Å². The summed E-state index contributed by atoms with van der Waals surface area (Å²) in [7, 11) is 0. The molecule has 1 heterocycles. The topological polar surface area (TPSA) is 39.7 Å². The predicted octanol–water partition coefficient (Wildman–Crippen LogP) is 2.94. The van der Waals surface area contributed by atoms with E-state index in [0.717, 1.165) is 37.4 Å². The molecule has 1 atom stereocenters. The van der Waals surface area contributed by atoms with Crippen LogP contribution in [0.5, 0.6) is 0 Å². The van der Waals surface area contributed by atoms with Crippen LogP contribution in [0.2, 0.25) is 0 Å². The summed E-state index contributed by atoms with van der Waals surface area (Å²) in [5, 5.41) is 6.79. The van der Waals surface area contributed by atoms with Crippen LogP contribution in [0.3, 0.4) is 0 Å². The first-order valence-electron chi connectivity index (χ1n) is 8.40. The van der Waals surface area contributed by atoms with Crippen molar-refractivity contribution in [2.75, 3.05) is 39.3 Å². The molecule has 4 nitrogen and oxygen atoms in total. The van der Waals surface area contributed by atoms with Crippen molar-refractivity contribution < 1.29 is 0 Å². The Hall–Kier alpha value is -0.0400. The number of rotatable bonds is 7. The van der Waals surface area contributed by atoms with Crippen molar-refractivity contribution >= 4 is 29.9 Å². The summed E-state index contributed by atoms with van der Waals surface area (Å²) in [5.74, 6) is 2.45. The van der Waals surface area contributed by atoms with Gasteiger partial charge < -0.3 is 15.5 Å². The first-order chi connectivity index (χ1) is 9.65. The highest BCUT2D eigenvalue weighted by molar-refractivity contribution is 14.0. The Morgan fingerprint density at radius 2 is 2.05 bits per heavy atom. The molecule has 1 aliphatic rings. The molecule has 1 fully saturated rings. The third-order valence-corrected chi connectivity index (χ3v) is 3.92. The van der Waals surface area contributed by atoms with E-state index in [1.54, 1.807) is 0 Å². The van der Waals surface area contributed by atoms with Gasteiger partial charge in [0.05, 0.1) is 0 Å². The lowest BCUT2D eigenvalue weighted by atomic mass is 9.98. The van der Waals surface area contributed by atoms with E-state index in [1.165, 1.54) is 38.9 Å². The highest BCUT2D eigenvalue weighted by Gasteiger charge is 2.18. The van der Waals surface area contributed by atoms with Gasteiger partial charge >= 0.3 is 0 Å². The summed E-state index contributed by atoms with van der Waals surface area (Å²) in [5.41, 5.74) is 0. The molecule has 0 spiro atoms. The smallest absolute Gasteiger partial charge is 0.191 e. The lowest BCUT2D eigenvalue weighted by Gasteiger charge is -2.31. The Balaban J connectivity index is 0.00000400. The average Bonchev–Trinajstić information content (AvgIpc) is 2.44. The van der Waals surface area contributed by atoms with Crippen molar-refractivity contribution in [1.29, 1.82) is 0 Å². The average molecular weight is 410 g/mol. The van der Waals surface area contributed by atoms with E-state index in [9.17, 15) is 0 Å². The number of hydrogen-bond donors (Lipinski definition) is 2. The van der Waals surface area contributed by atoms with Crippen molar-refractivity contribution in [1.82, 2.24) is 15.5 Å². The van der Waals surface area contributed by atoms with E-state index in [2.05, 4.69) is 43.2 Å². The minimum atomic E-state index is 0. The third kappa shape index (κ3) is 9.55. The summed E-state index contributed by atoms with van der Waals surface area (Å²) < 4.78 is 0. The lowest BCUT2D eigenvalue weighted by Crippen LogP contribution is -2.40. The molecule has 0 bridgehead atoms. The van der Waals surface area contributed by atoms with Gasteiger partial charge in [-0.15, -0.1) is 24.0 Å². The van der Waals surface area contributed by atoms with Crippen molar-refractivity contribution in [3.63, 3.8) is 0 Å². The number of likely N-dealkylation sites (tertiary alicyclic amines) is 1. The lowest BCUT2D eigenvalue weighted by molar-refractivity contribution is 0.186. The van der Waals surface area contributed by atoms with E-state index in [4.69, 9.17) is 4.99 Å². The molecule has 0 aromatic carbocycles. The van der Waals surface area contributed by atoms with Crippen LogP contribution in [-0.4, -0.2) is 50.1 Å². The van der Waals surface area contributed by atoms with E-state index >= 15 is 0 Å². The Morgan fingerprint density at radius 1 is 1.29 bits per heavy atom. The normalized spacial score (nSPS) is 20.2. The Morgan fingerprint density at radius 3 is 2.67 bits per heavy atom. The fourth-order valence-corrected chi connectivity index (χ4v) is 2.63. The number of guanidine groups is 1. The molecule has 2 N–H and O–H groups in total. The van der Waals surface area contributed by atoms with Gasteiger partial charge in [-0.05, 0) is 51.1 Å². The molecule has 0 aliphatic carbocycles. The first kappa shape index (κ1) is 21.0. The number of hydrogen-bond acceptors (Lipinski definition) is 2. The summed E-state index contributed by atoms with van der Waals surface area (Å²) in [6.45, 7) is 15.4. The molecule has 21 heavy (non-hydrogen) atoms. The molecule has 1 aliphatic heterocycles. The summed E-state index contributed by atoms with van der Waals surface area (Å²) in [6, 6.07) is 0. The molecule has 0 aromatic heterocycles. The van der Waals surface area contributed by atoms with Crippen molar-refractivity contribution in [3.05, 3.63) is 0 Å². The molecule has 1 unspecified atom stereocenters. The van der Waals surface area contributed by atoms with Crippen LogP contribution in [0.1, 0.15) is 47.0 Å². The second-order valence-electron chi connectivity index (χ2n) is 6.23. The van der Waals surface area contributed by atoms with Crippen LogP contribution >= 0.6 is 24.0 Å². The maximum absolute atomic E-state index is 4.77. The van der Waals surface area contributed by atoms with Gasteiger partial charge in [0.2, 0.25) is 0 Å². The highest BCUT2D eigenvalue weighted by atomic mass is 127. The Kier molecular flexibility index (Phi) is 12.5. The number of aliphatic imine (C=N–C) groups is 1. The Bertz CT molecular complexity index is 281. The second-order valence-corrected chi connectivity index (χ2v) is 6.23. The van der Waals surface area contributed by atoms with Crippen LogP contribution in [0.15, 0.2) is 4.99 Å². The summed E-state index contributed by atoms with van der Waals surface area (Å²) >= 11 is 0. The van der Waals surface area contributed by atoms with Crippen molar-refractivity contribution in [2.45, 2.75) is 47.0 Å². The van der Waals surface area contributed by atoms with E-state index in [-0.39, 0.29) is 24.0 Å². The van der Waals surface area contributed by atoms with Gasteiger partial charge in [-0.3, -0.25) is 4.99 Å². The molecule has 126 valence electrons. The maximum atomic E-state index is 4.77. The SMILES string of the molecule is CCNC(=NCC1CCCN(CC)C1)NCCC(C)C.I. The Labute approximate surface area is 148 Å². The van der Waals surface area contributed by atoms with Crippen molar-refractivity contribution in [3.8, 4) is 0 Å². The zero-order chi connectivity index (χ0) is 14.8. The van der Waals surface area contributed by atoms with Crippen LogP contribution < -0.4 is 10.6 Å². The molecule has 0 saturated carbocycles. The monoisotopic (exact) mass is 410 g/mol. The van der Waals surface area contributed by atoms with E-state index < -0.39 is 0 Å². The molecule has 1 rings (SSSR count). The minimum absolute atomic E-state index is 0. The summed E-state index contributed by atoms with van der Waals surface area (Å²) in [4.78, 5) is 7.31. The van der Waals surface area contributed by atoms with Crippen molar-refractivity contribution in [2.24, 2.45) is 16.8 Å². The molecule has 0 amide bonds. The number of halogens is 1. The first-order valence-corrected chi connectivity index (χ1v) is 8.40. The maximum Gasteiger partial charge on any atom is 0.191 e. The van der Waals surface area contributed by atoms with E-state index in [0.29, 0.717) is 0 Å². The largest absolute Gasteiger partial charge is 0.357 e. The molecule has 1 saturated heterocycles. The van der Waals surface area contributed by atoms with Crippen LogP contribution in [0.4, 0.5) is 0 Å². The summed E-state index contributed by atoms with van der Waals surface area (Å²) in [6.07, 6.45) is 3.84. The molecular formula is C16H35IN4. The standard InChI is InChI=1S/C16H34N4.HI/c1-5-17-16(18-10-9-14(3)4)19-12-15-8-7-11-20(6-2)13-15;/h14-15H,5-13H2,1-4H3,(H2,17,18,19);1H. The predicted molar refractivity (Wildman–Crippen MR) is 104 cm³/mol.